The lowest BCUT2D eigenvalue weighted by atomic mass is 9.71. The van der Waals surface area contributed by atoms with Gasteiger partial charge < -0.3 is 0 Å². The molecule has 2 aliphatic carbocycles. The number of halogens is 18. The molecule has 0 bridgehead atoms. The number of benzene rings is 2. The van der Waals surface area contributed by atoms with E-state index in [1.165, 1.54) is 0 Å². The van der Waals surface area contributed by atoms with Crippen molar-refractivity contribution >= 4 is 33.3 Å². The Kier molecular flexibility index (Phi) is 7.74. The van der Waals surface area contributed by atoms with Crippen LogP contribution in [0.15, 0.2) is 70.8 Å². The van der Waals surface area contributed by atoms with Gasteiger partial charge in [-0.15, -0.1) is 23.5 Å². The Hall–Kier alpha value is -3.16. The van der Waals surface area contributed by atoms with Crippen molar-refractivity contribution in [3.63, 3.8) is 0 Å². The highest BCUT2D eigenvalue weighted by Crippen LogP contribution is 2.75. The van der Waals surface area contributed by atoms with Crippen molar-refractivity contribution in [2.45, 2.75) is 65.8 Å². The van der Waals surface area contributed by atoms with E-state index in [1.807, 2.05) is 0 Å². The highest BCUT2D eigenvalue weighted by atomic mass is 32.2. The number of alkyl halides is 18. The predicted octanol–water partition coefficient (Wildman–Crippen LogP) is 12.7. The summed E-state index contributed by atoms with van der Waals surface area (Å²) in [6, 6.07) is 0.194. The largest absolute Gasteiger partial charge is 0.416 e. The van der Waals surface area contributed by atoms with E-state index in [0.29, 0.717) is 12.2 Å². The first-order valence-electron chi connectivity index (χ1n) is 13.8. The van der Waals surface area contributed by atoms with Crippen molar-refractivity contribution in [3.05, 3.63) is 104 Å². The fourth-order valence-corrected chi connectivity index (χ4v) is 9.49. The van der Waals surface area contributed by atoms with Gasteiger partial charge in [-0.05, 0) is 84.7 Å². The molecule has 6 rings (SSSR count). The number of fused-ring (bicyclic) bond motifs is 4. The second-order valence-corrected chi connectivity index (χ2v) is 15.1. The molecule has 4 aliphatic rings. The first-order valence-corrected chi connectivity index (χ1v) is 15.5. The summed E-state index contributed by atoms with van der Waals surface area (Å²) < 4.78 is 252. The van der Waals surface area contributed by atoms with Gasteiger partial charge in [0.1, 0.15) is 0 Å². The summed E-state index contributed by atoms with van der Waals surface area (Å²) in [5.41, 5.74) is -15.5. The van der Waals surface area contributed by atoms with Gasteiger partial charge in [-0.2, -0.15) is 79.0 Å². The van der Waals surface area contributed by atoms with Crippen molar-refractivity contribution in [1.82, 2.24) is 0 Å². The maximum Gasteiger partial charge on any atom is 0.416 e. The van der Waals surface area contributed by atoms with Crippen molar-refractivity contribution < 1.29 is 79.0 Å². The van der Waals surface area contributed by atoms with Crippen molar-refractivity contribution in [1.29, 1.82) is 0 Å². The maximum absolute atomic E-state index is 15.6. The lowest BCUT2D eigenvalue weighted by Crippen LogP contribution is -2.48. The molecule has 2 heterocycles. The summed E-state index contributed by atoms with van der Waals surface area (Å²) in [4.78, 5) is -1.39. The summed E-state index contributed by atoms with van der Waals surface area (Å²) in [5.74, 6) is -17.7. The lowest BCUT2D eigenvalue weighted by Gasteiger charge is -2.47. The minimum Gasteiger partial charge on any atom is -0.194 e. The molecular formula is C31H14F18S2. The Labute approximate surface area is 282 Å². The molecule has 0 radical (unpaired) electrons. The smallest absolute Gasteiger partial charge is 0.194 e. The van der Waals surface area contributed by atoms with Gasteiger partial charge in [0.05, 0.1) is 31.7 Å². The predicted molar refractivity (Wildman–Crippen MR) is 150 cm³/mol. The minimum atomic E-state index is -6.20. The van der Waals surface area contributed by atoms with Crippen LogP contribution in [0.2, 0.25) is 0 Å². The highest BCUT2D eigenvalue weighted by Gasteiger charge is 2.84. The van der Waals surface area contributed by atoms with Crippen LogP contribution in [0.1, 0.15) is 47.2 Å². The molecule has 1 saturated carbocycles. The Bertz CT molecular complexity index is 1800. The molecule has 2 atom stereocenters. The number of hydrogen-bond acceptors (Lipinski definition) is 2. The standard InChI is InChI=1S/C31H14F18S2/c1-23-17(9-19(50-23)11-3-13(27(36,37)38)7-14(4-11)28(39,40)41)21-22(26(34,35)31(48,49)25(21,32)33)18-10-20(51-24(18,23)2)12-5-15(29(42,43)44)8-16(6-12)30(45,46)47/h3-10H,1-2H3. The van der Waals surface area contributed by atoms with Crippen molar-refractivity contribution in [2.75, 3.05) is 0 Å². The van der Waals surface area contributed by atoms with Gasteiger partial charge in [-0.3, -0.25) is 0 Å². The molecule has 51 heavy (non-hydrogen) atoms. The Morgan fingerprint density at radius 2 is 0.686 bits per heavy atom. The summed E-state index contributed by atoms with van der Waals surface area (Å²) in [5, 5.41) is 0. The topological polar surface area (TPSA) is 0 Å². The molecule has 0 amide bonds. The summed E-state index contributed by atoms with van der Waals surface area (Å²) >= 11 is 0.446. The van der Waals surface area contributed by atoms with E-state index >= 15 is 26.3 Å². The van der Waals surface area contributed by atoms with Gasteiger partial charge in [0.15, 0.2) is 0 Å². The van der Waals surface area contributed by atoms with Crippen LogP contribution >= 0.6 is 23.5 Å². The normalized spacial score (nSPS) is 27.0. The summed E-state index contributed by atoms with van der Waals surface area (Å²) in [6.07, 6.45) is -20.7. The number of hydrogen-bond donors (Lipinski definition) is 0. The molecule has 0 N–H and O–H groups in total. The average molecular weight is 793 g/mol. The van der Waals surface area contributed by atoms with E-state index < -0.39 is 117 Å². The van der Waals surface area contributed by atoms with Gasteiger partial charge in [-0.25, -0.2) is 0 Å². The van der Waals surface area contributed by atoms with E-state index in [-0.39, 0.29) is 59.9 Å². The minimum absolute atomic E-state index is 0.181. The van der Waals surface area contributed by atoms with E-state index in [4.69, 9.17) is 0 Å². The van der Waals surface area contributed by atoms with Gasteiger partial charge in [0, 0.05) is 21.0 Å². The van der Waals surface area contributed by atoms with E-state index in [0.717, 1.165) is 13.8 Å². The molecular weight excluding hydrogens is 778 g/mol. The maximum atomic E-state index is 15.6. The third-order valence-electron chi connectivity index (χ3n) is 9.07. The van der Waals surface area contributed by atoms with Crippen LogP contribution in [0, 0.1) is 0 Å². The third kappa shape index (κ3) is 5.26. The molecule has 1 fully saturated rings. The van der Waals surface area contributed by atoms with Crippen LogP contribution in [-0.2, 0) is 24.7 Å². The van der Waals surface area contributed by atoms with Crippen LogP contribution < -0.4 is 0 Å². The second-order valence-electron chi connectivity index (χ2n) is 12.2. The molecule has 0 saturated heterocycles. The van der Waals surface area contributed by atoms with Crippen LogP contribution in [-0.4, -0.2) is 27.3 Å². The van der Waals surface area contributed by atoms with Gasteiger partial charge in [0.25, 0.3) is 0 Å². The summed E-state index contributed by atoms with van der Waals surface area (Å²) in [6.45, 7) is 1.92. The van der Waals surface area contributed by atoms with Crippen molar-refractivity contribution in [3.8, 4) is 0 Å². The highest BCUT2D eigenvalue weighted by molar-refractivity contribution is 8.14. The van der Waals surface area contributed by atoms with Crippen molar-refractivity contribution in [2.24, 2.45) is 0 Å². The van der Waals surface area contributed by atoms with Gasteiger partial charge >= 0.3 is 42.5 Å². The van der Waals surface area contributed by atoms with E-state index in [2.05, 4.69) is 0 Å². The fraction of sp³-hybridized carbons (Fsp3) is 0.355. The number of allylic oxidation sites excluding steroid dienone is 4. The fourth-order valence-electron chi connectivity index (χ4n) is 6.39. The number of rotatable bonds is 2. The van der Waals surface area contributed by atoms with Crippen LogP contribution in [0.25, 0.3) is 9.81 Å². The van der Waals surface area contributed by atoms with Gasteiger partial charge in [-0.1, -0.05) is 0 Å². The monoisotopic (exact) mass is 792 g/mol. The molecule has 276 valence electrons. The van der Waals surface area contributed by atoms with Crippen LogP contribution in [0.3, 0.4) is 0 Å². The first-order chi connectivity index (χ1) is 22.8. The van der Waals surface area contributed by atoms with E-state index in [9.17, 15) is 52.7 Å². The molecule has 2 unspecified atom stereocenters. The molecule has 2 aliphatic heterocycles. The zero-order valence-corrected chi connectivity index (χ0v) is 26.4. The van der Waals surface area contributed by atoms with E-state index in [1.54, 1.807) is 0 Å². The SMILES string of the molecule is CC12SC(c3cc(C(F)(F)F)cc(C(F)(F)F)c3)=CC1=C1C(=C3C=C(c4cc(C(F)(F)F)cc(C(F)(F)F)c4)SC32C)C(F)(F)C(F)(F)C1(F)F. The molecule has 20 heteroatoms. The quantitative estimate of drug-likeness (QED) is 0.278. The lowest BCUT2D eigenvalue weighted by molar-refractivity contribution is -0.258. The van der Waals surface area contributed by atoms with Crippen LogP contribution in [0.5, 0.6) is 0 Å². The number of thioether (sulfide) groups is 2. The Balaban J connectivity index is 1.64. The summed E-state index contributed by atoms with van der Waals surface area (Å²) in [7, 11) is 0. The molecule has 0 nitrogen and oxygen atoms in total. The average Bonchev–Trinajstić information content (AvgIpc) is 3.55. The Morgan fingerprint density at radius 3 is 0.922 bits per heavy atom. The molecule has 2 aromatic carbocycles. The second kappa shape index (κ2) is 10.5. The molecule has 2 aromatic rings. The zero-order chi connectivity index (χ0) is 38.5. The van der Waals surface area contributed by atoms with Gasteiger partial charge in [0.2, 0.25) is 0 Å². The third-order valence-corrected chi connectivity index (χ3v) is 12.4. The Morgan fingerprint density at radius 1 is 0.431 bits per heavy atom. The first kappa shape index (κ1) is 37.6. The molecule has 0 spiro atoms. The zero-order valence-electron chi connectivity index (χ0n) is 24.7. The van der Waals surface area contributed by atoms with Crippen LogP contribution in [0.4, 0.5) is 79.0 Å². The molecule has 0 aromatic heterocycles.